The zero-order valence-electron chi connectivity index (χ0n) is 5.95. The van der Waals surface area contributed by atoms with Gasteiger partial charge < -0.3 is 20.9 Å². The zero-order chi connectivity index (χ0) is 7.40. The highest BCUT2D eigenvalue weighted by molar-refractivity contribution is 4.75. The summed E-state index contributed by atoms with van der Waals surface area (Å²) in [6.07, 6.45) is 0. The lowest BCUT2D eigenvalue weighted by molar-refractivity contribution is 0.00575. The molecule has 0 saturated carbocycles. The van der Waals surface area contributed by atoms with Gasteiger partial charge in [-0.2, -0.15) is 0 Å². The van der Waals surface area contributed by atoms with E-state index in [2.05, 4.69) is 0 Å². The summed E-state index contributed by atoms with van der Waals surface area (Å²) in [7, 11) is 0. The molecular weight excluding hydrogens is 132 g/mol. The normalized spacial score (nSPS) is 36.6. The Bertz CT molecular complexity index is 87.7. The predicted molar refractivity (Wildman–Crippen MR) is 37.6 cm³/mol. The van der Waals surface area contributed by atoms with Crippen molar-refractivity contribution in [3.05, 3.63) is 0 Å². The average molecular weight is 146 g/mol. The molecule has 60 valence electrons. The van der Waals surface area contributed by atoms with Gasteiger partial charge in [0.05, 0.1) is 26.4 Å². The van der Waals surface area contributed by atoms with Crippen LogP contribution in [-0.2, 0) is 9.47 Å². The summed E-state index contributed by atoms with van der Waals surface area (Å²) < 4.78 is 10.3. The summed E-state index contributed by atoms with van der Waals surface area (Å²) in [6, 6.07) is -0.166. The number of hydrogen-bond acceptors (Lipinski definition) is 4. The lowest BCUT2D eigenvalue weighted by Crippen LogP contribution is -2.48. The number of hydrogen-bond donors (Lipinski definition) is 2. The lowest BCUT2D eigenvalue weighted by Gasteiger charge is -2.22. The van der Waals surface area contributed by atoms with Crippen LogP contribution >= 0.6 is 0 Å². The summed E-state index contributed by atoms with van der Waals surface area (Å²) in [6.45, 7) is 2.34. The van der Waals surface area contributed by atoms with Crippen molar-refractivity contribution < 1.29 is 9.47 Å². The SMILES string of the molecule is NC1COCCOCC1N. The first kappa shape index (κ1) is 7.94. The van der Waals surface area contributed by atoms with Gasteiger partial charge in [0.25, 0.3) is 0 Å². The fourth-order valence-electron chi connectivity index (χ4n) is 0.804. The van der Waals surface area contributed by atoms with Gasteiger partial charge in [0, 0.05) is 12.1 Å². The number of ether oxygens (including phenoxy) is 2. The third-order valence-electron chi connectivity index (χ3n) is 1.54. The fraction of sp³-hybridized carbons (Fsp3) is 1.00. The van der Waals surface area contributed by atoms with E-state index in [1.807, 2.05) is 0 Å². The highest BCUT2D eigenvalue weighted by Gasteiger charge is 2.15. The first-order valence-electron chi connectivity index (χ1n) is 3.47. The molecule has 1 fully saturated rings. The Labute approximate surface area is 60.5 Å². The molecule has 10 heavy (non-hydrogen) atoms. The minimum atomic E-state index is -0.0831. The van der Waals surface area contributed by atoms with Crippen molar-refractivity contribution in [1.82, 2.24) is 0 Å². The van der Waals surface area contributed by atoms with Crippen LogP contribution in [0.15, 0.2) is 0 Å². The third-order valence-corrected chi connectivity index (χ3v) is 1.54. The van der Waals surface area contributed by atoms with Gasteiger partial charge >= 0.3 is 0 Å². The molecule has 4 nitrogen and oxygen atoms in total. The predicted octanol–water partition coefficient (Wildman–Crippen LogP) is -1.31. The highest BCUT2D eigenvalue weighted by Crippen LogP contribution is 1.94. The molecule has 4 heteroatoms. The Balaban J connectivity index is 2.28. The monoisotopic (exact) mass is 146 g/mol. The van der Waals surface area contributed by atoms with Crippen molar-refractivity contribution in [2.24, 2.45) is 11.5 Å². The van der Waals surface area contributed by atoms with E-state index >= 15 is 0 Å². The smallest absolute Gasteiger partial charge is 0.0701 e. The molecule has 1 aliphatic rings. The molecule has 1 saturated heterocycles. The molecular formula is C6H14N2O2. The minimum Gasteiger partial charge on any atom is -0.377 e. The van der Waals surface area contributed by atoms with Crippen LogP contribution in [0.5, 0.6) is 0 Å². The van der Waals surface area contributed by atoms with Gasteiger partial charge in [0.1, 0.15) is 0 Å². The molecule has 1 heterocycles. The Kier molecular flexibility index (Phi) is 3.08. The molecule has 2 atom stereocenters. The van der Waals surface area contributed by atoms with Gasteiger partial charge in [-0.25, -0.2) is 0 Å². The van der Waals surface area contributed by atoms with E-state index in [0.717, 1.165) is 0 Å². The van der Waals surface area contributed by atoms with Crippen molar-refractivity contribution >= 4 is 0 Å². The second-order valence-electron chi connectivity index (χ2n) is 2.48. The maximum atomic E-state index is 5.62. The first-order chi connectivity index (χ1) is 4.80. The Hall–Kier alpha value is -0.160. The van der Waals surface area contributed by atoms with Crippen LogP contribution in [0.1, 0.15) is 0 Å². The van der Waals surface area contributed by atoms with Gasteiger partial charge in [0.2, 0.25) is 0 Å². The molecule has 0 amide bonds. The maximum absolute atomic E-state index is 5.62. The van der Waals surface area contributed by atoms with Gasteiger partial charge in [-0.15, -0.1) is 0 Å². The van der Waals surface area contributed by atoms with Gasteiger partial charge in [-0.1, -0.05) is 0 Å². The van der Waals surface area contributed by atoms with Crippen LogP contribution in [-0.4, -0.2) is 38.5 Å². The molecule has 1 rings (SSSR count). The van der Waals surface area contributed by atoms with Crippen LogP contribution in [0, 0.1) is 0 Å². The van der Waals surface area contributed by atoms with E-state index in [1.165, 1.54) is 0 Å². The first-order valence-corrected chi connectivity index (χ1v) is 3.47. The quantitative estimate of drug-likeness (QED) is 0.445. The van der Waals surface area contributed by atoms with Crippen molar-refractivity contribution in [2.45, 2.75) is 12.1 Å². The summed E-state index contributed by atoms with van der Waals surface area (Å²) in [5.74, 6) is 0. The molecule has 0 aromatic rings. The Morgan fingerprint density at radius 1 is 0.900 bits per heavy atom. The highest BCUT2D eigenvalue weighted by atomic mass is 16.5. The molecule has 0 spiro atoms. The summed E-state index contributed by atoms with van der Waals surface area (Å²) >= 11 is 0. The standard InChI is InChI=1S/C6H14N2O2/c7-5-3-9-1-2-10-4-6(5)8/h5-6H,1-4,7-8H2. The number of rotatable bonds is 0. The molecule has 0 aromatic carbocycles. The van der Waals surface area contributed by atoms with E-state index in [9.17, 15) is 0 Å². The van der Waals surface area contributed by atoms with Gasteiger partial charge in [-0.05, 0) is 0 Å². The van der Waals surface area contributed by atoms with Crippen molar-refractivity contribution in [3.63, 3.8) is 0 Å². The van der Waals surface area contributed by atoms with Gasteiger partial charge in [-0.3, -0.25) is 0 Å². The van der Waals surface area contributed by atoms with E-state index in [4.69, 9.17) is 20.9 Å². The van der Waals surface area contributed by atoms with Crippen LogP contribution in [0.3, 0.4) is 0 Å². The molecule has 0 radical (unpaired) electrons. The van der Waals surface area contributed by atoms with E-state index in [0.29, 0.717) is 26.4 Å². The lowest BCUT2D eigenvalue weighted by atomic mass is 10.1. The number of nitrogens with two attached hydrogens (primary N) is 2. The van der Waals surface area contributed by atoms with Crippen LogP contribution in [0.25, 0.3) is 0 Å². The third kappa shape index (κ3) is 2.22. The van der Waals surface area contributed by atoms with E-state index in [-0.39, 0.29) is 12.1 Å². The molecule has 1 aliphatic heterocycles. The van der Waals surface area contributed by atoms with Crippen LogP contribution in [0.4, 0.5) is 0 Å². The average Bonchev–Trinajstić information content (AvgIpc) is 1.92. The van der Waals surface area contributed by atoms with Crippen molar-refractivity contribution in [3.8, 4) is 0 Å². The molecule has 0 bridgehead atoms. The van der Waals surface area contributed by atoms with Crippen molar-refractivity contribution in [2.75, 3.05) is 26.4 Å². The second-order valence-corrected chi connectivity index (χ2v) is 2.48. The zero-order valence-corrected chi connectivity index (χ0v) is 5.95. The molecule has 2 unspecified atom stereocenters. The molecule has 4 N–H and O–H groups in total. The van der Waals surface area contributed by atoms with E-state index < -0.39 is 0 Å². The van der Waals surface area contributed by atoms with Crippen LogP contribution < -0.4 is 11.5 Å². The van der Waals surface area contributed by atoms with Crippen molar-refractivity contribution in [1.29, 1.82) is 0 Å². The van der Waals surface area contributed by atoms with Crippen LogP contribution in [0.2, 0.25) is 0 Å². The van der Waals surface area contributed by atoms with E-state index in [1.54, 1.807) is 0 Å². The fourth-order valence-corrected chi connectivity index (χ4v) is 0.804. The summed E-state index contributed by atoms with van der Waals surface area (Å²) in [5.41, 5.74) is 11.2. The minimum absolute atomic E-state index is 0.0831. The Morgan fingerprint density at radius 2 is 1.30 bits per heavy atom. The summed E-state index contributed by atoms with van der Waals surface area (Å²) in [5, 5.41) is 0. The Morgan fingerprint density at radius 3 is 1.70 bits per heavy atom. The topological polar surface area (TPSA) is 70.5 Å². The second kappa shape index (κ2) is 3.88. The molecule has 0 aliphatic carbocycles. The maximum Gasteiger partial charge on any atom is 0.0701 e. The summed E-state index contributed by atoms with van der Waals surface area (Å²) in [4.78, 5) is 0. The van der Waals surface area contributed by atoms with Gasteiger partial charge in [0.15, 0.2) is 0 Å². The molecule has 0 aromatic heterocycles. The largest absolute Gasteiger partial charge is 0.377 e.